The van der Waals surface area contributed by atoms with Gasteiger partial charge < -0.3 is 10.1 Å². The van der Waals surface area contributed by atoms with Gasteiger partial charge in [-0.3, -0.25) is 9.59 Å². The van der Waals surface area contributed by atoms with Crippen LogP contribution in [-0.4, -0.2) is 28.7 Å². The van der Waals surface area contributed by atoms with Crippen LogP contribution in [0.2, 0.25) is 0 Å². The van der Waals surface area contributed by atoms with Crippen LogP contribution >= 0.6 is 0 Å². The van der Waals surface area contributed by atoms with Crippen molar-refractivity contribution in [2.24, 2.45) is 10.9 Å². The van der Waals surface area contributed by atoms with Crippen LogP contribution in [0.1, 0.15) is 32.0 Å². The highest BCUT2D eigenvalue weighted by Crippen LogP contribution is 2.28. The van der Waals surface area contributed by atoms with Crippen molar-refractivity contribution in [3.05, 3.63) is 23.5 Å². The molecule has 1 atom stereocenters. The van der Waals surface area contributed by atoms with Crippen molar-refractivity contribution in [2.75, 3.05) is 0 Å². The zero-order valence-corrected chi connectivity index (χ0v) is 11.9. The monoisotopic (exact) mass is 275 g/mol. The summed E-state index contributed by atoms with van der Waals surface area (Å²) in [7, 11) is 0. The van der Waals surface area contributed by atoms with Crippen LogP contribution in [0.15, 0.2) is 17.3 Å². The number of carbonyl (C=O) groups is 2. The van der Waals surface area contributed by atoms with Gasteiger partial charge in [0.15, 0.2) is 11.6 Å². The van der Waals surface area contributed by atoms with Crippen LogP contribution in [0.5, 0.6) is 5.75 Å². The molecule has 0 bridgehead atoms. The number of pyridine rings is 1. The van der Waals surface area contributed by atoms with Crippen molar-refractivity contribution in [3.63, 3.8) is 0 Å². The standard InChI is InChI=1S/C14H17N3O3/c1-8(2)14(4)13(19)16-12(17-14)11-10(20-7-18)5-9(3)6-15-11/h5-8H,1-4H3,(H,16,17,19). The molecule has 6 heteroatoms. The summed E-state index contributed by atoms with van der Waals surface area (Å²) in [5.41, 5.74) is 0.378. The molecule has 0 saturated carbocycles. The molecule has 0 radical (unpaired) electrons. The summed E-state index contributed by atoms with van der Waals surface area (Å²) >= 11 is 0. The Labute approximate surface area is 117 Å². The lowest BCUT2D eigenvalue weighted by Gasteiger charge is -2.21. The Morgan fingerprint density at radius 1 is 1.45 bits per heavy atom. The first-order chi connectivity index (χ1) is 9.38. The van der Waals surface area contributed by atoms with E-state index in [-0.39, 0.29) is 17.6 Å². The molecule has 2 heterocycles. The summed E-state index contributed by atoms with van der Waals surface area (Å²) < 4.78 is 4.92. The van der Waals surface area contributed by atoms with Gasteiger partial charge in [0, 0.05) is 6.20 Å². The topological polar surface area (TPSA) is 80.7 Å². The largest absolute Gasteiger partial charge is 0.426 e. The number of nitrogens with zero attached hydrogens (tertiary/aromatic N) is 2. The third kappa shape index (κ3) is 2.29. The summed E-state index contributed by atoms with van der Waals surface area (Å²) in [5, 5.41) is 2.71. The molecule has 0 aromatic carbocycles. The van der Waals surface area contributed by atoms with Crippen LogP contribution in [0.3, 0.4) is 0 Å². The molecule has 1 aromatic rings. The summed E-state index contributed by atoms with van der Waals surface area (Å²) in [4.78, 5) is 31.3. The second-order valence-electron chi connectivity index (χ2n) is 5.29. The van der Waals surface area contributed by atoms with Crippen LogP contribution in [-0.2, 0) is 9.59 Å². The van der Waals surface area contributed by atoms with Gasteiger partial charge >= 0.3 is 0 Å². The molecule has 0 saturated heterocycles. The fourth-order valence-corrected chi connectivity index (χ4v) is 1.91. The second-order valence-corrected chi connectivity index (χ2v) is 5.29. The second kappa shape index (κ2) is 5.03. The van der Waals surface area contributed by atoms with Crippen molar-refractivity contribution in [1.82, 2.24) is 10.3 Å². The highest BCUT2D eigenvalue weighted by molar-refractivity contribution is 6.15. The predicted molar refractivity (Wildman–Crippen MR) is 73.6 cm³/mol. The Morgan fingerprint density at radius 2 is 2.15 bits per heavy atom. The summed E-state index contributed by atoms with van der Waals surface area (Å²) in [5.74, 6) is 0.484. The van der Waals surface area contributed by atoms with E-state index in [2.05, 4.69) is 15.3 Å². The Balaban J connectivity index is 2.48. The lowest BCUT2D eigenvalue weighted by Crippen LogP contribution is -2.41. The van der Waals surface area contributed by atoms with Gasteiger partial charge in [0.05, 0.1) is 0 Å². The third-order valence-electron chi connectivity index (χ3n) is 3.55. The molecule has 1 unspecified atom stereocenters. The molecular weight excluding hydrogens is 258 g/mol. The first-order valence-corrected chi connectivity index (χ1v) is 6.37. The van der Waals surface area contributed by atoms with Crippen LogP contribution in [0, 0.1) is 12.8 Å². The predicted octanol–water partition coefficient (Wildman–Crippen LogP) is 1.22. The first-order valence-electron chi connectivity index (χ1n) is 6.37. The number of carbonyl (C=O) groups excluding carboxylic acids is 2. The zero-order chi connectivity index (χ0) is 14.9. The maximum Gasteiger partial charge on any atom is 0.298 e. The number of aromatic nitrogens is 1. The molecule has 0 aliphatic carbocycles. The quantitative estimate of drug-likeness (QED) is 0.838. The number of hydrogen-bond donors (Lipinski definition) is 1. The van der Waals surface area contributed by atoms with Crippen LogP contribution < -0.4 is 10.1 Å². The van der Waals surface area contributed by atoms with Gasteiger partial charge in [-0.05, 0) is 31.4 Å². The minimum atomic E-state index is -0.833. The molecule has 0 fully saturated rings. The molecule has 1 aliphatic heterocycles. The number of rotatable bonds is 4. The molecule has 6 nitrogen and oxygen atoms in total. The van der Waals surface area contributed by atoms with Gasteiger partial charge in [0.1, 0.15) is 11.2 Å². The molecule has 0 spiro atoms. The van der Waals surface area contributed by atoms with E-state index < -0.39 is 5.54 Å². The van der Waals surface area contributed by atoms with Gasteiger partial charge in [-0.2, -0.15) is 0 Å². The highest BCUT2D eigenvalue weighted by Gasteiger charge is 2.42. The molecule has 2 rings (SSSR count). The SMILES string of the molecule is Cc1cnc(C2=NC(C)(C(C)C)C(=O)N2)c(OC=O)c1. The maximum absolute atomic E-state index is 12.1. The van der Waals surface area contributed by atoms with E-state index in [0.29, 0.717) is 18.0 Å². The van der Waals surface area contributed by atoms with Crippen molar-refractivity contribution < 1.29 is 14.3 Å². The van der Waals surface area contributed by atoms with Crippen LogP contribution in [0.4, 0.5) is 0 Å². The Kier molecular flexibility index (Phi) is 3.57. The smallest absolute Gasteiger partial charge is 0.298 e. The zero-order valence-electron chi connectivity index (χ0n) is 11.9. The van der Waals surface area contributed by atoms with Gasteiger partial charge in [0.25, 0.3) is 12.4 Å². The van der Waals surface area contributed by atoms with E-state index in [4.69, 9.17) is 4.74 Å². The van der Waals surface area contributed by atoms with Crippen molar-refractivity contribution in [2.45, 2.75) is 33.2 Å². The number of amidine groups is 1. The molecule has 20 heavy (non-hydrogen) atoms. The number of amides is 1. The number of ether oxygens (including phenoxy) is 1. The van der Waals surface area contributed by atoms with Crippen molar-refractivity contribution in [3.8, 4) is 5.75 Å². The van der Waals surface area contributed by atoms with E-state index >= 15 is 0 Å². The fourth-order valence-electron chi connectivity index (χ4n) is 1.91. The third-order valence-corrected chi connectivity index (χ3v) is 3.55. The maximum atomic E-state index is 12.1. The van der Waals surface area contributed by atoms with Crippen molar-refractivity contribution in [1.29, 1.82) is 0 Å². The van der Waals surface area contributed by atoms with E-state index in [1.807, 2.05) is 20.8 Å². The molecule has 1 N–H and O–H groups in total. The lowest BCUT2D eigenvalue weighted by molar-refractivity contribution is -0.124. The van der Waals surface area contributed by atoms with E-state index in [0.717, 1.165) is 5.56 Å². The van der Waals surface area contributed by atoms with Gasteiger partial charge in [-0.1, -0.05) is 13.8 Å². The van der Waals surface area contributed by atoms with E-state index in [1.165, 1.54) is 0 Å². The number of hydrogen-bond acceptors (Lipinski definition) is 5. The molecule has 1 aliphatic rings. The minimum Gasteiger partial charge on any atom is -0.426 e. The fraction of sp³-hybridized carbons (Fsp3) is 0.429. The van der Waals surface area contributed by atoms with E-state index in [1.54, 1.807) is 19.2 Å². The van der Waals surface area contributed by atoms with Crippen molar-refractivity contribution >= 4 is 18.2 Å². The Hall–Kier alpha value is -2.24. The Morgan fingerprint density at radius 3 is 2.70 bits per heavy atom. The minimum absolute atomic E-state index is 0.0425. The molecule has 1 aromatic heterocycles. The van der Waals surface area contributed by atoms with Gasteiger partial charge in [0.2, 0.25) is 0 Å². The normalized spacial score (nSPS) is 21.6. The van der Waals surface area contributed by atoms with E-state index in [9.17, 15) is 9.59 Å². The summed E-state index contributed by atoms with van der Waals surface area (Å²) in [6.45, 7) is 7.80. The average molecular weight is 275 g/mol. The average Bonchev–Trinajstić information content (AvgIpc) is 2.67. The number of nitrogens with one attached hydrogen (secondary N) is 1. The lowest BCUT2D eigenvalue weighted by atomic mass is 9.89. The Bertz CT molecular complexity index is 595. The first kappa shape index (κ1) is 14.2. The van der Waals surface area contributed by atoms with Crippen LogP contribution in [0.25, 0.3) is 0 Å². The summed E-state index contributed by atoms with van der Waals surface area (Å²) in [6, 6.07) is 1.68. The number of aliphatic imine (C=N–C) groups is 1. The molecule has 1 amide bonds. The van der Waals surface area contributed by atoms with Gasteiger partial charge in [-0.15, -0.1) is 0 Å². The highest BCUT2D eigenvalue weighted by atomic mass is 16.5. The molecular formula is C14H17N3O3. The van der Waals surface area contributed by atoms with Gasteiger partial charge in [-0.25, -0.2) is 9.98 Å². The summed E-state index contributed by atoms with van der Waals surface area (Å²) in [6.07, 6.45) is 1.63. The number of aryl methyl sites for hydroxylation is 1. The molecule has 106 valence electrons.